The van der Waals surface area contributed by atoms with Crippen LogP contribution in [0.3, 0.4) is 0 Å². The van der Waals surface area contributed by atoms with Crippen molar-refractivity contribution in [1.82, 2.24) is 9.80 Å². The van der Waals surface area contributed by atoms with Crippen molar-refractivity contribution < 1.29 is 9.59 Å². The number of allylic oxidation sites excluding steroid dienone is 3. The summed E-state index contributed by atoms with van der Waals surface area (Å²) in [5, 5.41) is 0. The first-order valence-electron chi connectivity index (χ1n) is 10.7. The second kappa shape index (κ2) is 8.52. The summed E-state index contributed by atoms with van der Waals surface area (Å²) >= 11 is 0. The maximum Gasteiger partial charge on any atom is 0.260 e. The van der Waals surface area contributed by atoms with Crippen LogP contribution in [0.5, 0.6) is 0 Å². The van der Waals surface area contributed by atoms with Crippen LogP contribution >= 0.6 is 0 Å². The van der Waals surface area contributed by atoms with E-state index >= 15 is 0 Å². The molecule has 0 radical (unpaired) electrons. The van der Waals surface area contributed by atoms with Gasteiger partial charge < -0.3 is 4.90 Å². The summed E-state index contributed by atoms with van der Waals surface area (Å²) in [6, 6.07) is -0.00838. The van der Waals surface area contributed by atoms with Gasteiger partial charge in [-0.1, -0.05) is 31.1 Å². The topological polar surface area (TPSA) is 65.3 Å². The van der Waals surface area contributed by atoms with Crippen molar-refractivity contribution in [3.8, 4) is 0 Å². The molecular weight excluding hydrogens is 352 g/mol. The highest BCUT2D eigenvalue weighted by Crippen LogP contribution is 2.25. The highest BCUT2D eigenvalue weighted by atomic mass is 16.2. The Morgan fingerprint density at radius 2 is 1.75 bits per heavy atom. The molecule has 3 aliphatic heterocycles. The Morgan fingerprint density at radius 3 is 2.46 bits per heavy atom. The van der Waals surface area contributed by atoms with E-state index in [4.69, 9.17) is 0 Å². The normalized spacial score (nSPS) is 27.7. The van der Waals surface area contributed by atoms with Crippen LogP contribution in [0.2, 0.25) is 0 Å². The van der Waals surface area contributed by atoms with Crippen LogP contribution in [0.15, 0.2) is 34.3 Å². The maximum absolute atomic E-state index is 12.9. The van der Waals surface area contributed by atoms with Crippen molar-refractivity contribution >= 4 is 23.4 Å². The summed E-state index contributed by atoms with van der Waals surface area (Å²) in [6.45, 7) is 5.62. The predicted octanol–water partition coefficient (Wildman–Crippen LogP) is 2.61. The number of aliphatic imine (C=N–C) groups is 2. The van der Waals surface area contributed by atoms with Gasteiger partial charge >= 0.3 is 0 Å². The van der Waals surface area contributed by atoms with Crippen LogP contribution in [-0.2, 0) is 9.59 Å². The molecule has 0 aromatic carbocycles. The molecule has 4 aliphatic rings. The number of carbonyl (C=O) groups excluding carboxylic acids is 2. The number of amidine groups is 1. The molecule has 2 unspecified atom stereocenters. The summed E-state index contributed by atoms with van der Waals surface area (Å²) in [4.78, 5) is 38.6. The van der Waals surface area contributed by atoms with E-state index in [0.717, 1.165) is 57.6 Å². The molecule has 2 fully saturated rings. The summed E-state index contributed by atoms with van der Waals surface area (Å²) in [6.07, 6.45) is 14.1. The van der Waals surface area contributed by atoms with Crippen LogP contribution in [0, 0.1) is 11.8 Å². The van der Waals surface area contributed by atoms with E-state index in [2.05, 4.69) is 26.7 Å². The second-order valence-corrected chi connectivity index (χ2v) is 8.29. The molecule has 2 amide bonds. The zero-order chi connectivity index (χ0) is 19.5. The van der Waals surface area contributed by atoms with Gasteiger partial charge in [0.05, 0.1) is 11.8 Å². The lowest BCUT2D eigenvalue weighted by molar-refractivity contribution is -0.137. The molecule has 1 aliphatic carbocycles. The Bertz CT molecular complexity index is 736. The minimum absolute atomic E-state index is 0.00838. The number of likely N-dealkylation sites (tertiary alicyclic amines) is 2. The number of amides is 2. The first-order valence-corrected chi connectivity index (χ1v) is 10.7. The van der Waals surface area contributed by atoms with Crippen LogP contribution in [-0.4, -0.2) is 65.4 Å². The molecule has 4 rings (SSSR count). The third-order valence-electron chi connectivity index (χ3n) is 6.45. The first kappa shape index (κ1) is 19.2. The molecule has 0 N–H and O–H groups in total. The lowest BCUT2D eigenvalue weighted by Gasteiger charge is -2.37. The van der Waals surface area contributed by atoms with Gasteiger partial charge in [0.2, 0.25) is 5.91 Å². The molecule has 6 heteroatoms. The zero-order valence-corrected chi connectivity index (χ0v) is 16.7. The highest BCUT2D eigenvalue weighted by Gasteiger charge is 2.34. The Morgan fingerprint density at radius 1 is 1.04 bits per heavy atom. The number of piperidine rings is 1. The van der Waals surface area contributed by atoms with Gasteiger partial charge in [0.1, 0.15) is 11.8 Å². The number of hydrogen-bond donors (Lipinski definition) is 0. The minimum Gasteiger partial charge on any atom is -0.342 e. The van der Waals surface area contributed by atoms with Gasteiger partial charge in [-0.2, -0.15) is 4.99 Å². The van der Waals surface area contributed by atoms with Crippen molar-refractivity contribution in [2.45, 2.75) is 51.5 Å². The third kappa shape index (κ3) is 4.02. The molecule has 0 saturated carbocycles. The molecule has 3 heterocycles. The summed E-state index contributed by atoms with van der Waals surface area (Å²) in [7, 11) is 0. The van der Waals surface area contributed by atoms with Crippen molar-refractivity contribution in [2.75, 3.05) is 26.2 Å². The van der Waals surface area contributed by atoms with Gasteiger partial charge in [-0.25, -0.2) is 4.99 Å². The molecule has 0 spiro atoms. The Labute approximate surface area is 167 Å². The lowest BCUT2D eigenvalue weighted by Crippen LogP contribution is -2.48. The largest absolute Gasteiger partial charge is 0.342 e. The molecule has 28 heavy (non-hydrogen) atoms. The van der Waals surface area contributed by atoms with Gasteiger partial charge in [-0.05, 0) is 51.8 Å². The fraction of sp³-hybridized carbons (Fsp3) is 0.636. The van der Waals surface area contributed by atoms with Crippen LogP contribution in [0.1, 0.15) is 45.4 Å². The molecule has 0 bridgehead atoms. The Hall–Kier alpha value is -2.08. The SMILES string of the molecule is CC(C1=NC(=O)C2C=CC=CC2=N1)N1CCC(C(=O)N2CCCCCC2)CC1. The van der Waals surface area contributed by atoms with Gasteiger partial charge in [0.15, 0.2) is 0 Å². The van der Waals surface area contributed by atoms with Gasteiger partial charge in [0.25, 0.3) is 5.91 Å². The molecule has 150 valence electrons. The number of nitrogens with zero attached hydrogens (tertiary/aromatic N) is 4. The van der Waals surface area contributed by atoms with E-state index < -0.39 is 0 Å². The maximum atomic E-state index is 12.9. The highest BCUT2D eigenvalue weighted by molar-refractivity contribution is 6.22. The molecule has 6 nitrogen and oxygen atoms in total. The predicted molar refractivity (Wildman–Crippen MR) is 110 cm³/mol. The average molecular weight is 383 g/mol. The van der Waals surface area contributed by atoms with Crippen molar-refractivity contribution in [3.63, 3.8) is 0 Å². The number of rotatable bonds is 3. The quantitative estimate of drug-likeness (QED) is 0.754. The summed E-state index contributed by atoms with van der Waals surface area (Å²) < 4.78 is 0. The van der Waals surface area contributed by atoms with Gasteiger partial charge in [-0.3, -0.25) is 14.5 Å². The fourth-order valence-electron chi connectivity index (χ4n) is 4.62. The third-order valence-corrected chi connectivity index (χ3v) is 6.45. The van der Waals surface area contributed by atoms with Crippen LogP contribution < -0.4 is 0 Å². The van der Waals surface area contributed by atoms with Crippen molar-refractivity contribution in [2.24, 2.45) is 21.8 Å². The van der Waals surface area contributed by atoms with E-state index in [9.17, 15) is 9.59 Å². The molecule has 2 atom stereocenters. The van der Waals surface area contributed by atoms with Crippen molar-refractivity contribution in [1.29, 1.82) is 0 Å². The van der Waals surface area contributed by atoms with E-state index in [1.54, 1.807) is 0 Å². The van der Waals surface area contributed by atoms with Crippen LogP contribution in [0.25, 0.3) is 0 Å². The van der Waals surface area contributed by atoms with Crippen LogP contribution in [0.4, 0.5) is 0 Å². The van der Waals surface area contributed by atoms with E-state index in [1.807, 2.05) is 24.3 Å². The first-order chi connectivity index (χ1) is 13.6. The minimum atomic E-state index is -0.321. The lowest BCUT2D eigenvalue weighted by atomic mass is 9.93. The van der Waals surface area contributed by atoms with Crippen molar-refractivity contribution in [3.05, 3.63) is 24.3 Å². The second-order valence-electron chi connectivity index (χ2n) is 8.29. The Balaban J connectivity index is 1.35. The fourth-order valence-corrected chi connectivity index (χ4v) is 4.62. The van der Waals surface area contributed by atoms with E-state index in [1.165, 1.54) is 12.8 Å². The standard InChI is InChI=1S/C22H30N4O2/c1-16(20-23-19-9-5-4-8-18(19)21(27)24-20)25-14-10-17(11-15-25)22(28)26-12-6-2-3-7-13-26/h4-5,8-9,16-18H,2-3,6-7,10-15H2,1H3. The van der Waals surface area contributed by atoms with Gasteiger partial charge in [-0.15, -0.1) is 0 Å². The number of fused-ring (bicyclic) bond motifs is 1. The monoisotopic (exact) mass is 382 g/mol. The smallest absolute Gasteiger partial charge is 0.260 e. The number of hydrogen-bond acceptors (Lipinski definition) is 4. The number of carbonyl (C=O) groups is 2. The molecule has 0 aromatic heterocycles. The van der Waals surface area contributed by atoms with E-state index in [-0.39, 0.29) is 23.8 Å². The summed E-state index contributed by atoms with van der Waals surface area (Å²) in [5.74, 6) is 0.644. The zero-order valence-electron chi connectivity index (χ0n) is 16.7. The molecule has 2 saturated heterocycles. The molecular formula is C22H30N4O2. The average Bonchev–Trinajstić information content (AvgIpc) is 3.02. The molecule has 0 aromatic rings. The van der Waals surface area contributed by atoms with Gasteiger partial charge in [0, 0.05) is 19.0 Å². The summed E-state index contributed by atoms with van der Waals surface area (Å²) in [5.41, 5.74) is 0.788. The Kier molecular flexibility index (Phi) is 5.85. The van der Waals surface area contributed by atoms with E-state index in [0.29, 0.717) is 11.7 Å².